The van der Waals surface area contributed by atoms with E-state index in [-0.39, 0.29) is 17.7 Å². The third kappa shape index (κ3) is 2.74. The molecule has 0 bridgehead atoms. The average molecular weight is 254 g/mol. The van der Waals surface area contributed by atoms with E-state index in [1.807, 2.05) is 0 Å². The summed E-state index contributed by atoms with van der Waals surface area (Å²) in [5.41, 5.74) is 6.23. The Hall–Kier alpha value is -1.61. The minimum atomic E-state index is -0.627. The molecule has 0 unspecified atom stereocenters. The Labute approximate surface area is 103 Å². The number of anilines is 1. The standard InChI is InChI=1S/C13H10ClF2N/c14-9-3-1-8(2-4-9)5-11-12(15)6-10(17)7-13(11)16/h1-4,6-7H,5,17H2. The molecule has 0 heterocycles. The molecule has 0 fully saturated rings. The maximum absolute atomic E-state index is 13.5. The molecule has 2 N–H and O–H groups in total. The van der Waals surface area contributed by atoms with Crippen molar-refractivity contribution in [3.8, 4) is 0 Å². The van der Waals surface area contributed by atoms with Gasteiger partial charge in [-0.05, 0) is 29.8 Å². The molecular weight excluding hydrogens is 244 g/mol. The second kappa shape index (κ2) is 4.72. The van der Waals surface area contributed by atoms with E-state index in [1.165, 1.54) is 0 Å². The van der Waals surface area contributed by atoms with Crippen molar-refractivity contribution < 1.29 is 8.78 Å². The van der Waals surface area contributed by atoms with Crippen LogP contribution in [0.2, 0.25) is 5.02 Å². The van der Waals surface area contributed by atoms with Crippen molar-refractivity contribution in [3.63, 3.8) is 0 Å². The van der Waals surface area contributed by atoms with Crippen molar-refractivity contribution in [3.05, 3.63) is 64.2 Å². The summed E-state index contributed by atoms with van der Waals surface area (Å²) in [6, 6.07) is 9.08. The number of nitrogen functional groups attached to an aromatic ring is 1. The van der Waals surface area contributed by atoms with E-state index < -0.39 is 11.6 Å². The lowest BCUT2D eigenvalue weighted by atomic mass is 10.0. The van der Waals surface area contributed by atoms with Gasteiger partial charge in [0, 0.05) is 22.7 Å². The zero-order valence-corrected chi connectivity index (χ0v) is 9.64. The summed E-state index contributed by atoms with van der Waals surface area (Å²) in [6.07, 6.45) is 0.176. The fourth-order valence-corrected chi connectivity index (χ4v) is 1.72. The van der Waals surface area contributed by atoms with Crippen molar-refractivity contribution in [2.24, 2.45) is 0 Å². The molecule has 0 aliphatic heterocycles. The van der Waals surface area contributed by atoms with Gasteiger partial charge in [0.2, 0.25) is 0 Å². The van der Waals surface area contributed by atoms with Gasteiger partial charge < -0.3 is 5.73 Å². The van der Waals surface area contributed by atoms with Gasteiger partial charge in [-0.3, -0.25) is 0 Å². The van der Waals surface area contributed by atoms with E-state index in [2.05, 4.69) is 0 Å². The highest BCUT2D eigenvalue weighted by Crippen LogP contribution is 2.21. The lowest BCUT2D eigenvalue weighted by Gasteiger charge is -2.06. The predicted octanol–water partition coefficient (Wildman–Crippen LogP) is 3.79. The van der Waals surface area contributed by atoms with Crippen molar-refractivity contribution >= 4 is 17.3 Å². The van der Waals surface area contributed by atoms with E-state index in [0.717, 1.165) is 17.7 Å². The zero-order valence-electron chi connectivity index (χ0n) is 8.88. The summed E-state index contributed by atoms with van der Waals surface area (Å²) in [5, 5.41) is 0.590. The molecule has 1 nitrogen and oxygen atoms in total. The van der Waals surface area contributed by atoms with Crippen LogP contribution in [0.3, 0.4) is 0 Å². The molecule has 2 aromatic rings. The van der Waals surface area contributed by atoms with Crippen LogP contribution < -0.4 is 5.73 Å². The number of hydrogen-bond acceptors (Lipinski definition) is 1. The van der Waals surface area contributed by atoms with Crippen LogP contribution in [0, 0.1) is 11.6 Å². The summed E-state index contributed by atoms with van der Waals surface area (Å²) in [5.74, 6) is -1.25. The first kappa shape index (κ1) is 11.9. The van der Waals surface area contributed by atoms with Crippen LogP contribution in [0.4, 0.5) is 14.5 Å². The van der Waals surface area contributed by atoms with Gasteiger partial charge in [0.05, 0.1) is 0 Å². The second-order valence-corrected chi connectivity index (χ2v) is 4.20. The maximum Gasteiger partial charge on any atom is 0.131 e. The van der Waals surface area contributed by atoms with Gasteiger partial charge in [-0.1, -0.05) is 23.7 Å². The second-order valence-electron chi connectivity index (χ2n) is 3.77. The summed E-state index contributed by atoms with van der Waals surface area (Å²) >= 11 is 5.73. The van der Waals surface area contributed by atoms with Crippen LogP contribution in [0.5, 0.6) is 0 Å². The highest BCUT2D eigenvalue weighted by molar-refractivity contribution is 6.30. The van der Waals surface area contributed by atoms with Gasteiger partial charge >= 0.3 is 0 Å². The van der Waals surface area contributed by atoms with E-state index >= 15 is 0 Å². The fourth-order valence-electron chi connectivity index (χ4n) is 1.60. The minimum absolute atomic E-state index is 0.0153. The largest absolute Gasteiger partial charge is 0.399 e. The quantitative estimate of drug-likeness (QED) is 0.810. The maximum atomic E-state index is 13.5. The number of rotatable bonds is 2. The van der Waals surface area contributed by atoms with Crippen molar-refractivity contribution in [2.75, 3.05) is 5.73 Å². The van der Waals surface area contributed by atoms with Gasteiger partial charge in [-0.25, -0.2) is 8.78 Å². The third-order valence-corrected chi connectivity index (χ3v) is 2.71. The van der Waals surface area contributed by atoms with Crippen LogP contribution in [0.25, 0.3) is 0 Å². The molecule has 0 spiro atoms. The predicted molar refractivity (Wildman–Crippen MR) is 65.0 cm³/mol. The molecule has 0 radical (unpaired) electrons. The van der Waals surface area contributed by atoms with Crippen LogP contribution in [0.1, 0.15) is 11.1 Å². The molecule has 0 atom stereocenters. The molecule has 0 amide bonds. The molecule has 0 saturated heterocycles. The molecule has 0 aliphatic rings. The smallest absolute Gasteiger partial charge is 0.131 e. The monoisotopic (exact) mass is 253 g/mol. The highest BCUT2D eigenvalue weighted by Gasteiger charge is 2.10. The molecular formula is C13H10ClF2N. The summed E-state index contributed by atoms with van der Waals surface area (Å²) in [4.78, 5) is 0. The molecule has 17 heavy (non-hydrogen) atoms. The molecule has 0 aromatic heterocycles. The molecule has 2 rings (SSSR count). The molecule has 4 heteroatoms. The van der Waals surface area contributed by atoms with E-state index in [9.17, 15) is 8.78 Å². The highest BCUT2D eigenvalue weighted by atomic mass is 35.5. The molecule has 88 valence electrons. The Kier molecular flexibility index (Phi) is 3.29. The molecule has 0 saturated carbocycles. The lowest BCUT2D eigenvalue weighted by molar-refractivity contribution is 0.562. The summed E-state index contributed by atoms with van der Waals surface area (Å²) in [7, 11) is 0. The van der Waals surface area contributed by atoms with Crippen LogP contribution in [0.15, 0.2) is 36.4 Å². The first-order chi connectivity index (χ1) is 8.06. The van der Waals surface area contributed by atoms with Crippen molar-refractivity contribution in [2.45, 2.75) is 6.42 Å². The van der Waals surface area contributed by atoms with E-state index in [1.54, 1.807) is 24.3 Å². The Bertz CT molecular complexity index is 515. The van der Waals surface area contributed by atoms with E-state index in [4.69, 9.17) is 17.3 Å². The van der Waals surface area contributed by atoms with Gasteiger partial charge in [0.1, 0.15) is 11.6 Å². The average Bonchev–Trinajstić information content (AvgIpc) is 2.26. The van der Waals surface area contributed by atoms with Gasteiger partial charge in [0.15, 0.2) is 0 Å². The van der Waals surface area contributed by atoms with Gasteiger partial charge in [-0.2, -0.15) is 0 Å². The van der Waals surface area contributed by atoms with Crippen LogP contribution in [-0.4, -0.2) is 0 Å². The first-order valence-corrected chi connectivity index (χ1v) is 5.42. The van der Waals surface area contributed by atoms with Crippen molar-refractivity contribution in [1.29, 1.82) is 0 Å². The van der Waals surface area contributed by atoms with Gasteiger partial charge in [-0.15, -0.1) is 0 Å². The zero-order chi connectivity index (χ0) is 12.4. The summed E-state index contributed by atoms with van der Waals surface area (Å²) in [6.45, 7) is 0. The molecule has 2 aromatic carbocycles. The normalized spacial score (nSPS) is 10.5. The lowest BCUT2D eigenvalue weighted by Crippen LogP contribution is -1.99. The molecule has 0 aliphatic carbocycles. The Morgan fingerprint density at radius 3 is 2.06 bits per heavy atom. The SMILES string of the molecule is Nc1cc(F)c(Cc2ccc(Cl)cc2)c(F)c1. The van der Waals surface area contributed by atoms with Gasteiger partial charge in [0.25, 0.3) is 0 Å². The first-order valence-electron chi connectivity index (χ1n) is 5.04. The number of hydrogen-bond donors (Lipinski definition) is 1. The van der Waals surface area contributed by atoms with Crippen LogP contribution >= 0.6 is 11.6 Å². The minimum Gasteiger partial charge on any atom is -0.399 e. The third-order valence-electron chi connectivity index (χ3n) is 2.46. The number of nitrogens with two attached hydrogens (primary N) is 1. The van der Waals surface area contributed by atoms with Crippen molar-refractivity contribution in [1.82, 2.24) is 0 Å². The topological polar surface area (TPSA) is 26.0 Å². The Morgan fingerprint density at radius 2 is 1.53 bits per heavy atom. The fraction of sp³-hybridized carbons (Fsp3) is 0.0769. The number of benzene rings is 2. The summed E-state index contributed by atoms with van der Waals surface area (Å²) < 4.78 is 27.1. The van der Waals surface area contributed by atoms with E-state index in [0.29, 0.717) is 5.02 Å². The Morgan fingerprint density at radius 1 is 1.00 bits per heavy atom. The number of halogens is 3. The Balaban J connectivity index is 2.33. The van der Waals surface area contributed by atoms with Crippen LogP contribution in [-0.2, 0) is 6.42 Å².